The number of sulfonamides is 1. The van der Waals surface area contributed by atoms with E-state index in [0.29, 0.717) is 18.4 Å². The Kier molecular flexibility index (Phi) is 5.58. The molecule has 1 fully saturated rings. The van der Waals surface area contributed by atoms with Gasteiger partial charge in [-0.25, -0.2) is 13.6 Å². The molecule has 0 saturated carbocycles. The molecule has 1 aromatic rings. The van der Waals surface area contributed by atoms with Crippen molar-refractivity contribution >= 4 is 10.0 Å². The molecule has 1 atom stereocenters. The normalized spacial score (nSPS) is 19.1. The number of primary sulfonamides is 1. The number of nitrogens with zero attached hydrogens (tertiary/aromatic N) is 1. The number of benzene rings is 1. The third-order valence-corrected chi connectivity index (χ3v) is 4.52. The maximum absolute atomic E-state index is 11.1. The summed E-state index contributed by atoms with van der Waals surface area (Å²) in [6.07, 6.45) is 2.49. The SMILES string of the molecule is CN(CCOc1ccc(S(N)(=O)=O)cc1)CC1CCCN1. The largest absolute Gasteiger partial charge is 0.492 e. The third kappa shape index (κ3) is 5.28. The number of nitrogens with one attached hydrogen (secondary N) is 1. The van der Waals surface area contributed by atoms with Gasteiger partial charge in [0.05, 0.1) is 4.90 Å². The molecule has 0 spiro atoms. The van der Waals surface area contributed by atoms with Gasteiger partial charge >= 0.3 is 0 Å². The van der Waals surface area contributed by atoms with Crippen LogP contribution < -0.4 is 15.2 Å². The van der Waals surface area contributed by atoms with E-state index in [1.54, 1.807) is 12.1 Å². The van der Waals surface area contributed by atoms with Gasteiger partial charge in [-0.05, 0) is 50.7 Å². The molecular formula is C14H23N3O3S. The highest BCUT2D eigenvalue weighted by atomic mass is 32.2. The molecule has 0 aliphatic carbocycles. The third-order valence-electron chi connectivity index (χ3n) is 3.59. The van der Waals surface area contributed by atoms with Crippen molar-refractivity contribution in [3.8, 4) is 5.75 Å². The van der Waals surface area contributed by atoms with E-state index in [-0.39, 0.29) is 4.90 Å². The Balaban J connectivity index is 1.72. The first kappa shape index (κ1) is 16.2. The van der Waals surface area contributed by atoms with Crippen molar-refractivity contribution in [3.63, 3.8) is 0 Å². The van der Waals surface area contributed by atoms with Gasteiger partial charge in [0.1, 0.15) is 12.4 Å². The molecular weight excluding hydrogens is 290 g/mol. The summed E-state index contributed by atoms with van der Waals surface area (Å²) in [5.74, 6) is 0.648. The lowest BCUT2D eigenvalue weighted by molar-refractivity contribution is 0.225. The van der Waals surface area contributed by atoms with Crippen molar-refractivity contribution in [1.82, 2.24) is 10.2 Å². The highest BCUT2D eigenvalue weighted by Crippen LogP contribution is 2.14. The van der Waals surface area contributed by atoms with Crippen LogP contribution in [0.4, 0.5) is 0 Å². The van der Waals surface area contributed by atoms with E-state index in [2.05, 4.69) is 17.3 Å². The molecule has 0 aromatic heterocycles. The molecule has 1 aliphatic heterocycles. The Hall–Kier alpha value is -1.15. The molecule has 1 aromatic carbocycles. The van der Waals surface area contributed by atoms with Gasteiger partial charge in [0.2, 0.25) is 10.0 Å². The molecule has 0 amide bonds. The van der Waals surface area contributed by atoms with E-state index < -0.39 is 10.0 Å². The van der Waals surface area contributed by atoms with Crippen LogP contribution in [0.3, 0.4) is 0 Å². The predicted molar refractivity (Wildman–Crippen MR) is 81.8 cm³/mol. The van der Waals surface area contributed by atoms with Crippen LogP contribution in [0.1, 0.15) is 12.8 Å². The first-order valence-electron chi connectivity index (χ1n) is 7.13. The Bertz CT molecular complexity index is 539. The van der Waals surface area contributed by atoms with E-state index in [1.165, 1.54) is 25.0 Å². The summed E-state index contributed by atoms with van der Waals surface area (Å²) in [6.45, 7) is 3.53. The first-order valence-corrected chi connectivity index (χ1v) is 8.67. The van der Waals surface area contributed by atoms with Crippen molar-refractivity contribution < 1.29 is 13.2 Å². The smallest absolute Gasteiger partial charge is 0.238 e. The highest BCUT2D eigenvalue weighted by Gasteiger charge is 2.15. The Labute approximate surface area is 126 Å². The van der Waals surface area contributed by atoms with Gasteiger partial charge in [-0.1, -0.05) is 0 Å². The van der Waals surface area contributed by atoms with Gasteiger partial charge < -0.3 is 15.0 Å². The molecule has 118 valence electrons. The maximum atomic E-state index is 11.1. The van der Waals surface area contributed by atoms with E-state index in [9.17, 15) is 8.42 Å². The van der Waals surface area contributed by atoms with Crippen LogP contribution in [0, 0.1) is 0 Å². The molecule has 1 aliphatic rings. The van der Waals surface area contributed by atoms with E-state index >= 15 is 0 Å². The minimum Gasteiger partial charge on any atom is -0.492 e. The van der Waals surface area contributed by atoms with Crippen LogP contribution in [-0.2, 0) is 10.0 Å². The number of hydrogen-bond donors (Lipinski definition) is 2. The van der Waals surface area contributed by atoms with Crippen LogP contribution in [0.25, 0.3) is 0 Å². The summed E-state index contributed by atoms with van der Waals surface area (Å²) in [7, 11) is -1.56. The number of likely N-dealkylation sites (N-methyl/N-ethyl adjacent to an activating group) is 1. The lowest BCUT2D eigenvalue weighted by atomic mass is 10.2. The molecule has 0 radical (unpaired) electrons. The molecule has 2 rings (SSSR count). The number of rotatable bonds is 7. The number of hydrogen-bond acceptors (Lipinski definition) is 5. The van der Waals surface area contributed by atoms with Crippen molar-refractivity contribution in [1.29, 1.82) is 0 Å². The second-order valence-corrected chi connectivity index (χ2v) is 6.98. The van der Waals surface area contributed by atoms with E-state index in [1.807, 2.05) is 0 Å². The van der Waals surface area contributed by atoms with Gasteiger partial charge in [-0.2, -0.15) is 0 Å². The van der Waals surface area contributed by atoms with Gasteiger partial charge in [0.25, 0.3) is 0 Å². The quantitative estimate of drug-likeness (QED) is 0.761. The molecule has 7 heteroatoms. The molecule has 0 bridgehead atoms. The molecule has 1 unspecified atom stereocenters. The zero-order valence-corrected chi connectivity index (χ0v) is 13.1. The molecule has 1 heterocycles. The van der Waals surface area contributed by atoms with Crippen LogP contribution in [0.5, 0.6) is 5.75 Å². The predicted octanol–water partition coefficient (Wildman–Crippen LogP) is 0.397. The summed E-state index contributed by atoms with van der Waals surface area (Å²) in [4.78, 5) is 2.33. The van der Waals surface area contributed by atoms with Crippen LogP contribution >= 0.6 is 0 Å². The maximum Gasteiger partial charge on any atom is 0.238 e. The number of ether oxygens (including phenoxy) is 1. The van der Waals surface area contributed by atoms with Crippen molar-refractivity contribution in [2.45, 2.75) is 23.8 Å². The monoisotopic (exact) mass is 313 g/mol. The molecule has 6 nitrogen and oxygen atoms in total. The van der Waals surface area contributed by atoms with Crippen molar-refractivity contribution in [3.05, 3.63) is 24.3 Å². The molecule has 1 saturated heterocycles. The number of nitrogens with two attached hydrogens (primary N) is 1. The van der Waals surface area contributed by atoms with Crippen molar-refractivity contribution in [2.24, 2.45) is 5.14 Å². The first-order chi connectivity index (χ1) is 9.95. The fraction of sp³-hybridized carbons (Fsp3) is 0.571. The topological polar surface area (TPSA) is 84.7 Å². The lowest BCUT2D eigenvalue weighted by Gasteiger charge is -2.21. The molecule has 21 heavy (non-hydrogen) atoms. The highest BCUT2D eigenvalue weighted by molar-refractivity contribution is 7.89. The van der Waals surface area contributed by atoms with E-state index in [0.717, 1.165) is 19.6 Å². The average Bonchev–Trinajstić information content (AvgIpc) is 2.91. The summed E-state index contributed by atoms with van der Waals surface area (Å²) < 4.78 is 27.9. The van der Waals surface area contributed by atoms with Crippen LogP contribution in [0.2, 0.25) is 0 Å². The second-order valence-electron chi connectivity index (χ2n) is 5.42. The van der Waals surface area contributed by atoms with Gasteiger partial charge in [-0.3, -0.25) is 0 Å². The second kappa shape index (κ2) is 7.22. The Morgan fingerprint density at radius 3 is 2.67 bits per heavy atom. The summed E-state index contributed by atoms with van der Waals surface area (Å²) in [5, 5.41) is 8.51. The summed E-state index contributed by atoms with van der Waals surface area (Å²) >= 11 is 0. The zero-order valence-electron chi connectivity index (χ0n) is 12.3. The van der Waals surface area contributed by atoms with Gasteiger partial charge in [-0.15, -0.1) is 0 Å². The van der Waals surface area contributed by atoms with Gasteiger partial charge in [0.15, 0.2) is 0 Å². The van der Waals surface area contributed by atoms with Gasteiger partial charge in [0, 0.05) is 19.1 Å². The van der Waals surface area contributed by atoms with Crippen molar-refractivity contribution in [2.75, 3.05) is 33.3 Å². The Morgan fingerprint density at radius 1 is 1.38 bits per heavy atom. The summed E-state index contributed by atoms with van der Waals surface area (Å²) in [6, 6.07) is 6.74. The molecule has 3 N–H and O–H groups in total. The minimum atomic E-state index is -3.64. The Morgan fingerprint density at radius 2 is 2.10 bits per heavy atom. The summed E-state index contributed by atoms with van der Waals surface area (Å²) in [5.41, 5.74) is 0. The lowest BCUT2D eigenvalue weighted by Crippen LogP contribution is -2.37. The zero-order chi connectivity index (χ0) is 15.3. The van der Waals surface area contributed by atoms with Crippen LogP contribution in [-0.4, -0.2) is 52.6 Å². The fourth-order valence-corrected chi connectivity index (χ4v) is 2.94. The van der Waals surface area contributed by atoms with Crippen LogP contribution in [0.15, 0.2) is 29.2 Å². The average molecular weight is 313 g/mol. The van der Waals surface area contributed by atoms with E-state index in [4.69, 9.17) is 9.88 Å². The fourth-order valence-electron chi connectivity index (χ4n) is 2.42. The minimum absolute atomic E-state index is 0.0966. The standard InChI is InChI=1S/C14H23N3O3S/c1-17(11-12-3-2-8-16-12)9-10-20-13-4-6-14(7-5-13)21(15,18)19/h4-7,12,16H,2-3,8-11H2,1H3,(H2,15,18,19).